The topological polar surface area (TPSA) is 133 Å². The number of anilines is 2. The maximum atomic E-state index is 13.5. The highest BCUT2D eigenvalue weighted by Crippen LogP contribution is 2.34. The molecule has 9 nitrogen and oxygen atoms in total. The molecular weight excluding hydrogens is 537 g/mol. The van der Waals surface area contributed by atoms with Crippen LogP contribution in [0.4, 0.5) is 29.3 Å². The number of carbonyl (C=O) groups excluding carboxylic acids is 2. The van der Waals surface area contributed by atoms with Crippen molar-refractivity contribution >= 4 is 29.3 Å². The Balaban J connectivity index is 1.60. The van der Waals surface area contributed by atoms with Crippen molar-refractivity contribution in [3.8, 4) is 5.75 Å². The van der Waals surface area contributed by atoms with Crippen LogP contribution < -0.4 is 20.7 Å². The van der Waals surface area contributed by atoms with Crippen molar-refractivity contribution in [3.63, 3.8) is 0 Å². The zero-order chi connectivity index (χ0) is 29.4. The van der Waals surface area contributed by atoms with Crippen molar-refractivity contribution in [2.45, 2.75) is 50.9 Å². The van der Waals surface area contributed by atoms with Gasteiger partial charge in [0.05, 0.1) is 12.2 Å². The third-order valence-electron chi connectivity index (χ3n) is 6.75. The second-order valence-corrected chi connectivity index (χ2v) is 9.57. The smallest absolute Gasteiger partial charge is 0.404 e. The number of carbonyl (C=O) groups is 2. The molecule has 0 saturated heterocycles. The number of nitrogens with two attached hydrogens (primary N) is 1. The van der Waals surface area contributed by atoms with E-state index in [0.717, 1.165) is 18.9 Å². The van der Waals surface area contributed by atoms with Gasteiger partial charge in [0.25, 0.3) is 5.91 Å². The van der Waals surface area contributed by atoms with Gasteiger partial charge in [0, 0.05) is 11.3 Å². The second-order valence-electron chi connectivity index (χ2n) is 9.57. The van der Waals surface area contributed by atoms with Crippen LogP contribution in [0.2, 0.25) is 0 Å². The Morgan fingerprint density at radius 3 is 2.27 bits per heavy atom. The first kappa shape index (κ1) is 29.2. The summed E-state index contributed by atoms with van der Waals surface area (Å²) < 4.78 is 42.9. The molecule has 1 aliphatic carbocycles. The zero-order valence-electron chi connectivity index (χ0n) is 22.0. The van der Waals surface area contributed by atoms with Gasteiger partial charge in [-0.3, -0.25) is 9.69 Å². The van der Waals surface area contributed by atoms with Crippen molar-refractivity contribution in [1.82, 2.24) is 0 Å². The molecule has 0 aromatic heterocycles. The van der Waals surface area contributed by atoms with Crippen molar-refractivity contribution in [1.29, 1.82) is 5.53 Å². The van der Waals surface area contributed by atoms with Gasteiger partial charge >= 0.3 is 12.4 Å². The summed E-state index contributed by atoms with van der Waals surface area (Å²) in [6.07, 6.45) is 0.861. The Morgan fingerprint density at radius 2 is 1.63 bits per heavy atom. The molecule has 3 amide bonds. The lowest BCUT2D eigenvalue weighted by molar-refractivity contribution is -0.274. The van der Waals surface area contributed by atoms with Crippen LogP contribution in [0.25, 0.3) is 0 Å². The monoisotopic (exact) mass is 566 g/mol. The molecule has 1 fully saturated rings. The normalized spacial score (nSPS) is 14.3. The van der Waals surface area contributed by atoms with Crippen LogP contribution in [0, 0.1) is 5.53 Å². The average Bonchev–Trinajstić information content (AvgIpc) is 2.97. The fraction of sp³-hybridized carbons (Fsp3) is 0.276. The molecule has 0 aliphatic heterocycles. The minimum absolute atomic E-state index is 0.0405. The van der Waals surface area contributed by atoms with Gasteiger partial charge in [-0.05, 0) is 66.3 Å². The number of alkyl halides is 3. The Kier molecular flexibility index (Phi) is 9.33. The molecule has 0 radical (unpaired) electrons. The lowest BCUT2D eigenvalue weighted by Crippen LogP contribution is -2.34. The van der Waals surface area contributed by atoms with E-state index in [-0.39, 0.29) is 17.8 Å². The number of hydrogen-bond donors (Lipinski definition) is 3. The van der Waals surface area contributed by atoms with Gasteiger partial charge in [0.2, 0.25) is 5.96 Å². The first-order valence-corrected chi connectivity index (χ1v) is 13.0. The van der Waals surface area contributed by atoms with Gasteiger partial charge in [0.15, 0.2) is 5.75 Å². The van der Waals surface area contributed by atoms with Crippen LogP contribution in [-0.2, 0) is 6.54 Å². The van der Waals surface area contributed by atoms with E-state index in [1.54, 1.807) is 12.1 Å². The molecule has 0 atom stereocenters. The first-order valence-electron chi connectivity index (χ1n) is 13.0. The minimum Gasteiger partial charge on any atom is -0.404 e. The van der Waals surface area contributed by atoms with Gasteiger partial charge < -0.3 is 15.8 Å². The van der Waals surface area contributed by atoms with Crippen molar-refractivity contribution < 1.29 is 27.5 Å². The molecule has 0 unspecified atom stereocenters. The Labute approximate surface area is 234 Å². The second kappa shape index (κ2) is 13.1. The van der Waals surface area contributed by atoms with E-state index in [1.807, 2.05) is 24.3 Å². The Bertz CT molecular complexity index is 1400. The van der Waals surface area contributed by atoms with E-state index in [2.05, 4.69) is 20.2 Å². The number of benzene rings is 3. The summed E-state index contributed by atoms with van der Waals surface area (Å²) >= 11 is 0. The van der Waals surface area contributed by atoms with Crippen LogP contribution in [0.3, 0.4) is 0 Å². The van der Waals surface area contributed by atoms with Crippen molar-refractivity contribution in [2.24, 2.45) is 15.8 Å². The number of hydrogen-bond acceptors (Lipinski definition) is 4. The van der Waals surface area contributed by atoms with E-state index in [4.69, 9.17) is 11.3 Å². The summed E-state index contributed by atoms with van der Waals surface area (Å²) in [7, 11) is 0. The van der Waals surface area contributed by atoms with Crippen LogP contribution >= 0.6 is 0 Å². The van der Waals surface area contributed by atoms with E-state index < -0.39 is 30.0 Å². The summed E-state index contributed by atoms with van der Waals surface area (Å²) in [5.74, 6) is -1.24. The number of amides is 3. The number of urea groups is 1. The van der Waals surface area contributed by atoms with Gasteiger partial charge in [-0.25, -0.2) is 10.3 Å². The van der Waals surface area contributed by atoms with Gasteiger partial charge in [0.1, 0.15) is 0 Å². The minimum atomic E-state index is -4.93. The lowest BCUT2D eigenvalue weighted by Gasteiger charge is -2.26. The molecule has 0 spiro atoms. The summed E-state index contributed by atoms with van der Waals surface area (Å²) in [4.78, 5) is 30.6. The van der Waals surface area contributed by atoms with E-state index >= 15 is 0 Å². The largest absolute Gasteiger partial charge is 0.573 e. The molecule has 1 aliphatic rings. The molecule has 0 bridgehead atoms. The van der Waals surface area contributed by atoms with Crippen molar-refractivity contribution in [3.05, 3.63) is 89.5 Å². The average molecular weight is 567 g/mol. The number of ether oxygens (including phenoxy) is 1. The molecule has 3 aromatic carbocycles. The SMILES string of the molecule is N=NC(N)=NC(=O)c1ccc(CN(C(=O)Nc2ccccc2OC(F)(F)F)c2ccc(C3CCCCC3)cc2)cc1. The number of nitrogens with one attached hydrogen (secondary N) is 2. The maximum Gasteiger partial charge on any atom is 0.573 e. The molecule has 4 rings (SSSR count). The summed E-state index contributed by atoms with van der Waals surface area (Å²) in [6, 6.07) is 18.4. The van der Waals surface area contributed by atoms with Crippen LogP contribution in [0.5, 0.6) is 5.75 Å². The standard InChI is InChI=1S/C29H29F3N6O3/c30-29(31,32)41-25-9-5-4-8-24(25)35-28(40)38(23-16-14-21(15-17-23)20-6-2-1-3-7-20)18-19-10-12-22(13-11-19)26(39)36-27(33)37-34/h4-5,8-17,20,34H,1-3,6-7,18H2,(H,35,40)(H2,33,36,39). The van der Waals surface area contributed by atoms with Crippen molar-refractivity contribution in [2.75, 3.05) is 10.2 Å². The van der Waals surface area contributed by atoms with Crippen LogP contribution in [-0.4, -0.2) is 24.3 Å². The molecule has 4 N–H and O–H groups in total. The summed E-state index contributed by atoms with van der Waals surface area (Å²) in [5, 5.41) is 5.43. The number of halogens is 3. The van der Waals surface area contributed by atoms with E-state index in [1.165, 1.54) is 60.1 Å². The number of para-hydroxylation sites is 2. The fourth-order valence-corrected chi connectivity index (χ4v) is 4.74. The fourth-order valence-electron chi connectivity index (χ4n) is 4.74. The molecular formula is C29H29F3N6O3. The van der Waals surface area contributed by atoms with Gasteiger partial charge in [-0.15, -0.1) is 18.3 Å². The quantitative estimate of drug-likeness (QED) is 0.157. The third-order valence-corrected chi connectivity index (χ3v) is 6.75. The highest BCUT2D eigenvalue weighted by Gasteiger charge is 2.32. The molecule has 41 heavy (non-hydrogen) atoms. The molecule has 214 valence electrons. The number of aliphatic imine (C=N–C) groups is 1. The Morgan fingerprint density at radius 1 is 0.976 bits per heavy atom. The predicted molar refractivity (Wildman–Crippen MR) is 148 cm³/mol. The molecule has 1 saturated carbocycles. The number of guanidine groups is 1. The van der Waals surface area contributed by atoms with Gasteiger partial charge in [-0.1, -0.05) is 55.7 Å². The van der Waals surface area contributed by atoms with Crippen LogP contribution in [0.1, 0.15) is 59.5 Å². The Hall–Kier alpha value is -4.74. The highest BCUT2D eigenvalue weighted by molar-refractivity contribution is 6.03. The summed E-state index contributed by atoms with van der Waals surface area (Å²) in [6.45, 7) is 0.0405. The highest BCUT2D eigenvalue weighted by atomic mass is 19.4. The predicted octanol–water partition coefficient (Wildman–Crippen LogP) is 7.36. The maximum absolute atomic E-state index is 13.5. The lowest BCUT2D eigenvalue weighted by atomic mass is 9.84. The number of rotatable bonds is 7. The molecule has 0 heterocycles. The molecule has 12 heteroatoms. The zero-order valence-corrected chi connectivity index (χ0v) is 22.0. The van der Waals surface area contributed by atoms with E-state index in [0.29, 0.717) is 17.2 Å². The third kappa shape index (κ3) is 8.13. The first-order chi connectivity index (χ1) is 19.6. The summed E-state index contributed by atoms with van der Waals surface area (Å²) in [5.41, 5.74) is 14.5. The van der Waals surface area contributed by atoms with Crippen LogP contribution in [0.15, 0.2) is 82.9 Å². The molecule has 3 aromatic rings. The van der Waals surface area contributed by atoms with Gasteiger partial charge in [-0.2, -0.15) is 4.99 Å². The number of nitrogens with zero attached hydrogens (tertiary/aromatic N) is 3. The van der Waals surface area contributed by atoms with E-state index in [9.17, 15) is 22.8 Å².